The van der Waals surface area contributed by atoms with Crippen molar-refractivity contribution >= 4 is 37.4 Å². The molecule has 86 valence electrons. The fraction of sp³-hybridized carbons (Fsp3) is 0.200. The second kappa shape index (κ2) is 4.01. The van der Waals surface area contributed by atoms with Gasteiger partial charge in [0.25, 0.3) is 0 Å². The summed E-state index contributed by atoms with van der Waals surface area (Å²) in [5, 5.41) is 2.03. The first-order chi connectivity index (χ1) is 7.41. The largest absolute Gasteiger partial charge is 0.407 e. The van der Waals surface area contributed by atoms with Crippen LogP contribution in [0, 0.1) is 0 Å². The van der Waals surface area contributed by atoms with Gasteiger partial charge in [0.2, 0.25) is 0 Å². The van der Waals surface area contributed by atoms with Gasteiger partial charge in [-0.15, -0.1) is 11.3 Å². The van der Waals surface area contributed by atoms with Crippen LogP contribution in [0.3, 0.4) is 0 Å². The first kappa shape index (κ1) is 11.9. The quantitative estimate of drug-likeness (QED) is 0.838. The van der Waals surface area contributed by atoms with Gasteiger partial charge in [0, 0.05) is 9.17 Å². The Bertz CT molecular complexity index is 520. The fourth-order valence-corrected chi connectivity index (χ4v) is 3.12. The number of alkyl halides is 3. The molecule has 1 unspecified atom stereocenters. The zero-order valence-corrected chi connectivity index (χ0v) is 10.3. The topological polar surface area (TPSA) is 26.0 Å². The molecule has 2 aromatic rings. The number of benzene rings is 1. The van der Waals surface area contributed by atoms with Crippen LogP contribution in [0.4, 0.5) is 13.2 Å². The van der Waals surface area contributed by atoms with Crippen LogP contribution in [0.1, 0.15) is 11.6 Å². The zero-order valence-electron chi connectivity index (χ0n) is 7.88. The lowest BCUT2D eigenvalue weighted by atomic mass is 10.1. The van der Waals surface area contributed by atoms with Crippen LogP contribution < -0.4 is 5.73 Å². The van der Waals surface area contributed by atoms with Gasteiger partial charge in [-0.1, -0.05) is 12.1 Å². The maximum absolute atomic E-state index is 12.5. The molecule has 0 radical (unpaired) electrons. The predicted molar refractivity (Wildman–Crippen MR) is 62.5 cm³/mol. The Hall–Kier alpha value is -0.590. The second-order valence-electron chi connectivity index (χ2n) is 3.33. The molecule has 0 saturated carbocycles. The maximum atomic E-state index is 12.5. The highest BCUT2D eigenvalue weighted by Crippen LogP contribution is 2.39. The molecule has 0 bridgehead atoms. The van der Waals surface area contributed by atoms with Gasteiger partial charge in [0.05, 0.1) is 0 Å². The Balaban J connectivity index is 2.59. The number of rotatable bonds is 1. The Morgan fingerprint density at radius 2 is 2.00 bits per heavy atom. The van der Waals surface area contributed by atoms with Crippen LogP contribution in [-0.4, -0.2) is 6.18 Å². The van der Waals surface area contributed by atoms with E-state index in [4.69, 9.17) is 5.73 Å². The van der Waals surface area contributed by atoms with Crippen LogP contribution in [0.15, 0.2) is 28.1 Å². The lowest BCUT2D eigenvalue weighted by Gasteiger charge is -2.14. The van der Waals surface area contributed by atoms with E-state index in [9.17, 15) is 13.2 Å². The minimum absolute atomic E-state index is 0.133. The highest BCUT2D eigenvalue weighted by molar-refractivity contribution is 9.10. The third-order valence-electron chi connectivity index (χ3n) is 2.27. The summed E-state index contributed by atoms with van der Waals surface area (Å²) >= 11 is 4.56. The first-order valence-corrected chi connectivity index (χ1v) is 6.06. The number of hydrogen-bond donors (Lipinski definition) is 1. The van der Waals surface area contributed by atoms with Crippen molar-refractivity contribution in [3.63, 3.8) is 0 Å². The molecule has 16 heavy (non-hydrogen) atoms. The molecule has 1 aromatic carbocycles. The van der Waals surface area contributed by atoms with E-state index in [1.165, 1.54) is 16.7 Å². The van der Waals surface area contributed by atoms with E-state index in [1.807, 2.05) is 0 Å². The summed E-state index contributed by atoms with van der Waals surface area (Å²) < 4.78 is 39.1. The average molecular weight is 310 g/mol. The Morgan fingerprint density at radius 1 is 1.31 bits per heavy atom. The Morgan fingerprint density at radius 3 is 2.62 bits per heavy atom. The molecule has 1 atom stereocenters. The van der Waals surface area contributed by atoms with Crippen molar-refractivity contribution in [3.8, 4) is 0 Å². The van der Waals surface area contributed by atoms with Crippen molar-refractivity contribution in [1.29, 1.82) is 0 Å². The van der Waals surface area contributed by atoms with Crippen molar-refractivity contribution in [2.24, 2.45) is 5.73 Å². The molecule has 0 aliphatic rings. The number of nitrogens with two attached hydrogens (primary N) is 1. The monoisotopic (exact) mass is 309 g/mol. The summed E-state index contributed by atoms with van der Waals surface area (Å²) in [6.07, 6.45) is -4.41. The van der Waals surface area contributed by atoms with Crippen LogP contribution in [-0.2, 0) is 0 Å². The summed E-state index contributed by atoms with van der Waals surface area (Å²) in [5.41, 5.74) is 5.33. The summed E-state index contributed by atoms with van der Waals surface area (Å²) in [5.74, 6) is 0. The molecule has 1 heterocycles. The second-order valence-corrected chi connectivity index (χ2v) is 5.06. The highest BCUT2D eigenvalue weighted by atomic mass is 79.9. The molecule has 0 saturated heterocycles. The lowest BCUT2D eigenvalue weighted by Crippen LogP contribution is -2.28. The van der Waals surface area contributed by atoms with E-state index >= 15 is 0 Å². The van der Waals surface area contributed by atoms with Crippen molar-refractivity contribution in [2.45, 2.75) is 12.2 Å². The minimum atomic E-state index is -4.41. The van der Waals surface area contributed by atoms with E-state index in [-0.39, 0.29) is 5.56 Å². The smallest absolute Gasteiger partial charge is 0.316 e. The van der Waals surface area contributed by atoms with Gasteiger partial charge < -0.3 is 5.73 Å². The van der Waals surface area contributed by atoms with Gasteiger partial charge in [0.15, 0.2) is 0 Å². The Labute approximate surface area is 102 Å². The standard InChI is InChI=1S/C10H7BrF3NS/c11-7-3-1-2-5-6(4-16-8(5)7)9(15)10(12,13)14/h1-4,9H,15H2. The number of hydrogen-bond acceptors (Lipinski definition) is 2. The highest BCUT2D eigenvalue weighted by Gasteiger charge is 2.39. The molecule has 0 aliphatic heterocycles. The molecular weight excluding hydrogens is 303 g/mol. The van der Waals surface area contributed by atoms with Crippen LogP contribution in [0.25, 0.3) is 10.1 Å². The molecular formula is C10H7BrF3NS. The fourth-order valence-electron chi connectivity index (χ4n) is 1.46. The van der Waals surface area contributed by atoms with Crippen molar-refractivity contribution < 1.29 is 13.2 Å². The SMILES string of the molecule is NC(c1csc2c(Br)cccc12)C(F)(F)F. The molecule has 0 amide bonds. The van der Waals surface area contributed by atoms with E-state index < -0.39 is 12.2 Å². The van der Waals surface area contributed by atoms with Gasteiger partial charge in [-0.2, -0.15) is 13.2 Å². The van der Waals surface area contributed by atoms with Crippen LogP contribution in [0.2, 0.25) is 0 Å². The minimum Gasteiger partial charge on any atom is -0.316 e. The summed E-state index contributed by atoms with van der Waals surface area (Å²) in [7, 11) is 0. The number of thiophene rings is 1. The first-order valence-electron chi connectivity index (χ1n) is 4.39. The molecule has 2 N–H and O–H groups in total. The van der Waals surface area contributed by atoms with Crippen molar-refractivity contribution in [1.82, 2.24) is 0 Å². The third kappa shape index (κ3) is 1.97. The Kier molecular flexibility index (Phi) is 2.98. The molecule has 6 heteroatoms. The van der Waals surface area contributed by atoms with Crippen molar-refractivity contribution in [2.75, 3.05) is 0 Å². The third-order valence-corrected chi connectivity index (χ3v) is 4.24. The molecule has 0 aliphatic carbocycles. The number of fused-ring (bicyclic) bond motifs is 1. The van der Waals surface area contributed by atoms with Gasteiger partial charge in [0.1, 0.15) is 6.04 Å². The normalized spacial score (nSPS) is 14.3. The molecule has 0 fully saturated rings. The van der Waals surface area contributed by atoms with Gasteiger partial charge in [-0.25, -0.2) is 0 Å². The summed E-state index contributed by atoms with van der Waals surface area (Å²) in [6.45, 7) is 0. The van der Waals surface area contributed by atoms with E-state index in [2.05, 4.69) is 15.9 Å². The van der Waals surface area contributed by atoms with Gasteiger partial charge in [-0.3, -0.25) is 0 Å². The molecule has 1 nitrogen and oxygen atoms in total. The molecule has 2 rings (SSSR count). The van der Waals surface area contributed by atoms with E-state index in [1.54, 1.807) is 18.2 Å². The van der Waals surface area contributed by atoms with E-state index in [0.717, 1.165) is 9.17 Å². The van der Waals surface area contributed by atoms with Crippen LogP contribution in [0.5, 0.6) is 0 Å². The summed E-state index contributed by atoms with van der Waals surface area (Å²) in [6, 6.07) is 3.22. The maximum Gasteiger partial charge on any atom is 0.407 e. The zero-order chi connectivity index (χ0) is 11.9. The number of halogens is 4. The molecule has 0 spiro atoms. The van der Waals surface area contributed by atoms with Crippen LogP contribution >= 0.6 is 27.3 Å². The molecule has 1 aromatic heterocycles. The summed E-state index contributed by atoms with van der Waals surface area (Å²) in [4.78, 5) is 0. The van der Waals surface area contributed by atoms with Gasteiger partial charge in [-0.05, 0) is 38.3 Å². The van der Waals surface area contributed by atoms with E-state index in [0.29, 0.717) is 5.39 Å². The van der Waals surface area contributed by atoms with Crippen molar-refractivity contribution in [3.05, 3.63) is 33.6 Å². The van der Waals surface area contributed by atoms with Gasteiger partial charge >= 0.3 is 6.18 Å². The predicted octanol–water partition coefficient (Wildman–Crippen LogP) is 4.23. The average Bonchev–Trinajstić information content (AvgIpc) is 2.60. The lowest BCUT2D eigenvalue weighted by molar-refractivity contribution is -0.148.